The summed E-state index contributed by atoms with van der Waals surface area (Å²) in [5.74, 6) is 0.469. The van der Waals surface area contributed by atoms with E-state index in [0.717, 1.165) is 5.56 Å². The number of benzene rings is 2. The molecule has 0 saturated carbocycles. The molecule has 0 aromatic heterocycles. The molecule has 2 aromatic rings. The predicted octanol–water partition coefficient (Wildman–Crippen LogP) is 3.01. The van der Waals surface area contributed by atoms with E-state index in [-0.39, 0.29) is 10.7 Å². The zero-order valence-electron chi connectivity index (χ0n) is 12.6. The molecule has 0 amide bonds. The summed E-state index contributed by atoms with van der Waals surface area (Å²) in [5.41, 5.74) is 1.56. The molecule has 6 heteroatoms. The van der Waals surface area contributed by atoms with Crippen molar-refractivity contribution in [2.75, 3.05) is 11.8 Å². The lowest BCUT2D eigenvalue weighted by Gasteiger charge is -2.12. The highest BCUT2D eigenvalue weighted by molar-refractivity contribution is 7.92. The van der Waals surface area contributed by atoms with Crippen molar-refractivity contribution in [1.29, 1.82) is 0 Å². The minimum absolute atomic E-state index is 0.0513. The molecular weight excluding hydrogens is 302 g/mol. The standard InChI is InChI=1S/C16H17NO4S/c1-11-9-14(21-3)7-8-16(11)17-22(19,20)15-6-4-5-13(10-15)12(2)18/h4-10,17H,1-3H3. The third-order valence-corrected chi connectivity index (χ3v) is 4.59. The molecule has 116 valence electrons. The van der Waals surface area contributed by atoms with Gasteiger partial charge in [0.05, 0.1) is 17.7 Å². The Morgan fingerprint density at radius 2 is 1.86 bits per heavy atom. The molecular formula is C16H17NO4S. The second-order valence-electron chi connectivity index (χ2n) is 4.87. The quantitative estimate of drug-likeness (QED) is 0.860. The van der Waals surface area contributed by atoms with Crippen molar-refractivity contribution >= 4 is 21.5 Å². The molecule has 2 aromatic carbocycles. The topological polar surface area (TPSA) is 72.5 Å². The van der Waals surface area contributed by atoms with Gasteiger partial charge in [-0.1, -0.05) is 12.1 Å². The van der Waals surface area contributed by atoms with Gasteiger partial charge in [0, 0.05) is 5.56 Å². The summed E-state index contributed by atoms with van der Waals surface area (Å²) in [6.45, 7) is 3.18. The number of ether oxygens (including phenoxy) is 1. The Bertz CT molecular complexity index is 813. The first kappa shape index (κ1) is 16.0. The van der Waals surface area contributed by atoms with Gasteiger partial charge in [0.2, 0.25) is 0 Å². The van der Waals surface area contributed by atoms with Gasteiger partial charge in [0.15, 0.2) is 5.78 Å². The van der Waals surface area contributed by atoms with E-state index in [4.69, 9.17) is 4.74 Å². The first-order chi connectivity index (χ1) is 10.3. The third-order valence-electron chi connectivity index (χ3n) is 3.23. The van der Waals surface area contributed by atoms with Gasteiger partial charge < -0.3 is 4.74 Å². The Hall–Kier alpha value is -2.34. The molecule has 5 nitrogen and oxygen atoms in total. The summed E-state index contributed by atoms with van der Waals surface area (Å²) in [5, 5.41) is 0. The SMILES string of the molecule is COc1ccc(NS(=O)(=O)c2cccc(C(C)=O)c2)c(C)c1. The highest BCUT2D eigenvalue weighted by Crippen LogP contribution is 2.24. The maximum Gasteiger partial charge on any atom is 0.261 e. The van der Waals surface area contributed by atoms with E-state index in [2.05, 4.69) is 4.72 Å². The van der Waals surface area contributed by atoms with Crippen molar-refractivity contribution in [3.8, 4) is 5.75 Å². The number of hydrogen-bond acceptors (Lipinski definition) is 4. The Labute approximate surface area is 130 Å². The lowest BCUT2D eigenvalue weighted by Crippen LogP contribution is -2.14. The van der Waals surface area contributed by atoms with Crippen LogP contribution in [-0.2, 0) is 10.0 Å². The van der Waals surface area contributed by atoms with Gasteiger partial charge in [-0.3, -0.25) is 9.52 Å². The van der Waals surface area contributed by atoms with Crippen LogP contribution in [0.15, 0.2) is 47.4 Å². The first-order valence-corrected chi connectivity index (χ1v) is 8.10. The van der Waals surface area contributed by atoms with Gasteiger partial charge in [-0.15, -0.1) is 0 Å². The molecule has 0 radical (unpaired) electrons. The molecule has 2 rings (SSSR count). The minimum atomic E-state index is -3.75. The van der Waals surface area contributed by atoms with Crippen LogP contribution in [0.3, 0.4) is 0 Å². The van der Waals surface area contributed by atoms with Crippen molar-refractivity contribution in [1.82, 2.24) is 0 Å². The normalized spacial score (nSPS) is 11.0. The minimum Gasteiger partial charge on any atom is -0.497 e. The molecule has 0 spiro atoms. The van der Waals surface area contributed by atoms with Crippen LogP contribution >= 0.6 is 0 Å². The molecule has 0 heterocycles. The van der Waals surface area contributed by atoms with Crippen LogP contribution in [0, 0.1) is 6.92 Å². The summed E-state index contributed by atoms with van der Waals surface area (Å²) in [7, 11) is -2.21. The third kappa shape index (κ3) is 3.46. The van der Waals surface area contributed by atoms with Crippen molar-refractivity contribution < 1.29 is 17.9 Å². The zero-order chi connectivity index (χ0) is 16.3. The molecule has 22 heavy (non-hydrogen) atoms. The fraction of sp³-hybridized carbons (Fsp3) is 0.188. The van der Waals surface area contributed by atoms with Crippen LogP contribution in [-0.4, -0.2) is 21.3 Å². The largest absolute Gasteiger partial charge is 0.497 e. The Balaban J connectivity index is 2.35. The Morgan fingerprint density at radius 1 is 1.14 bits per heavy atom. The molecule has 0 bridgehead atoms. The molecule has 1 N–H and O–H groups in total. The molecule has 0 fully saturated rings. The number of anilines is 1. The maximum atomic E-state index is 12.4. The first-order valence-electron chi connectivity index (χ1n) is 6.62. The number of ketones is 1. The number of sulfonamides is 1. The van der Waals surface area contributed by atoms with Gasteiger partial charge in [0.25, 0.3) is 10.0 Å². The highest BCUT2D eigenvalue weighted by atomic mass is 32.2. The number of hydrogen-bond donors (Lipinski definition) is 1. The van der Waals surface area contributed by atoms with Gasteiger partial charge in [-0.05, 0) is 49.7 Å². The van der Waals surface area contributed by atoms with Gasteiger partial charge >= 0.3 is 0 Å². The van der Waals surface area contributed by atoms with Crippen molar-refractivity contribution in [2.45, 2.75) is 18.7 Å². The monoisotopic (exact) mass is 319 g/mol. The van der Waals surface area contributed by atoms with E-state index < -0.39 is 10.0 Å². The predicted molar refractivity (Wildman–Crippen MR) is 85.0 cm³/mol. The highest BCUT2D eigenvalue weighted by Gasteiger charge is 2.16. The van der Waals surface area contributed by atoms with Gasteiger partial charge in [0.1, 0.15) is 5.75 Å². The Morgan fingerprint density at radius 3 is 2.45 bits per heavy atom. The molecule has 0 saturated heterocycles. The maximum absolute atomic E-state index is 12.4. The van der Waals surface area contributed by atoms with Crippen LogP contribution in [0.25, 0.3) is 0 Å². The average molecular weight is 319 g/mol. The van der Waals surface area contributed by atoms with Crippen LogP contribution in [0.4, 0.5) is 5.69 Å². The number of aryl methyl sites for hydroxylation is 1. The number of rotatable bonds is 5. The number of Topliss-reactive ketones (excluding diaryl/α,β-unsaturated/α-hetero) is 1. The number of carbonyl (C=O) groups excluding carboxylic acids is 1. The van der Waals surface area contributed by atoms with E-state index in [1.165, 1.54) is 19.1 Å². The molecule has 0 aliphatic heterocycles. The van der Waals surface area contributed by atoms with Crippen molar-refractivity contribution in [2.24, 2.45) is 0 Å². The lowest BCUT2D eigenvalue weighted by atomic mass is 10.2. The smallest absolute Gasteiger partial charge is 0.261 e. The van der Waals surface area contributed by atoms with Crippen LogP contribution in [0.1, 0.15) is 22.8 Å². The van der Waals surface area contributed by atoms with Gasteiger partial charge in [-0.25, -0.2) is 8.42 Å². The van der Waals surface area contributed by atoms with Crippen molar-refractivity contribution in [3.63, 3.8) is 0 Å². The van der Waals surface area contributed by atoms with E-state index in [1.54, 1.807) is 44.4 Å². The van der Waals surface area contributed by atoms with E-state index >= 15 is 0 Å². The summed E-state index contributed by atoms with van der Waals surface area (Å²) < 4.78 is 32.5. The summed E-state index contributed by atoms with van der Waals surface area (Å²) in [6, 6.07) is 11.0. The summed E-state index contributed by atoms with van der Waals surface area (Å²) >= 11 is 0. The van der Waals surface area contributed by atoms with E-state index in [0.29, 0.717) is 17.0 Å². The number of carbonyl (C=O) groups is 1. The zero-order valence-corrected chi connectivity index (χ0v) is 13.4. The summed E-state index contributed by atoms with van der Waals surface area (Å²) in [4.78, 5) is 11.4. The number of nitrogens with one attached hydrogen (secondary N) is 1. The van der Waals surface area contributed by atoms with Crippen LogP contribution in [0.5, 0.6) is 5.75 Å². The van der Waals surface area contributed by atoms with Crippen LogP contribution < -0.4 is 9.46 Å². The second-order valence-corrected chi connectivity index (χ2v) is 6.55. The van der Waals surface area contributed by atoms with Crippen LogP contribution in [0.2, 0.25) is 0 Å². The molecule has 0 aliphatic rings. The Kier molecular flexibility index (Phi) is 4.51. The van der Waals surface area contributed by atoms with E-state index in [1.807, 2.05) is 0 Å². The van der Waals surface area contributed by atoms with Gasteiger partial charge in [-0.2, -0.15) is 0 Å². The van der Waals surface area contributed by atoms with Crippen molar-refractivity contribution in [3.05, 3.63) is 53.6 Å². The number of methoxy groups -OCH3 is 1. The lowest BCUT2D eigenvalue weighted by molar-refractivity contribution is 0.101. The molecule has 0 aliphatic carbocycles. The fourth-order valence-corrected chi connectivity index (χ4v) is 3.14. The molecule has 0 unspecified atom stereocenters. The fourth-order valence-electron chi connectivity index (χ4n) is 1.96. The second kappa shape index (κ2) is 6.19. The average Bonchev–Trinajstić information content (AvgIpc) is 2.49. The summed E-state index contributed by atoms with van der Waals surface area (Å²) in [6.07, 6.45) is 0. The molecule has 0 atom stereocenters. The van der Waals surface area contributed by atoms with E-state index in [9.17, 15) is 13.2 Å².